The van der Waals surface area contributed by atoms with Gasteiger partial charge in [-0.15, -0.1) is 5.10 Å². The lowest BCUT2D eigenvalue weighted by atomic mass is 9.85. The SMILES string of the molecule is CCCCSc1nc2n(n1)C(c1ccc(Cl)cc1)C1=C(CCCC1=O)N2. The second kappa shape index (κ2) is 7.45. The molecule has 1 aromatic carbocycles. The zero-order valence-electron chi connectivity index (χ0n) is 14.7. The average molecular weight is 389 g/mol. The topological polar surface area (TPSA) is 59.8 Å². The molecule has 0 fully saturated rings. The molecule has 2 aliphatic rings. The predicted octanol–water partition coefficient (Wildman–Crippen LogP) is 4.85. The zero-order valence-corrected chi connectivity index (χ0v) is 16.2. The summed E-state index contributed by atoms with van der Waals surface area (Å²) in [7, 11) is 0. The molecule has 1 atom stereocenters. The Morgan fingerprint density at radius 2 is 2.12 bits per heavy atom. The molecule has 5 nitrogen and oxygen atoms in total. The quantitative estimate of drug-likeness (QED) is 0.586. The summed E-state index contributed by atoms with van der Waals surface area (Å²) in [5, 5.41) is 9.51. The Bertz CT molecular complexity index is 859. The molecule has 0 saturated heterocycles. The van der Waals surface area contributed by atoms with Crippen LogP contribution < -0.4 is 5.32 Å². The standard InChI is InChI=1S/C19H21ClN4OS/c1-2-3-11-26-19-22-18-21-14-5-4-6-15(25)16(14)17(24(18)23-19)12-7-9-13(20)10-8-12/h7-10,17H,2-6,11H2,1H3,(H,21,22,23). The van der Waals surface area contributed by atoms with Crippen molar-refractivity contribution in [2.45, 2.75) is 50.2 Å². The molecule has 7 heteroatoms. The van der Waals surface area contributed by atoms with E-state index in [9.17, 15) is 4.79 Å². The number of aromatic nitrogens is 3. The minimum atomic E-state index is -0.237. The summed E-state index contributed by atoms with van der Waals surface area (Å²) in [6.07, 6.45) is 4.62. The van der Waals surface area contributed by atoms with Crippen molar-refractivity contribution in [1.82, 2.24) is 14.8 Å². The Kier molecular flexibility index (Phi) is 5.05. The monoisotopic (exact) mass is 388 g/mol. The van der Waals surface area contributed by atoms with Gasteiger partial charge < -0.3 is 5.32 Å². The molecule has 2 heterocycles. The van der Waals surface area contributed by atoms with E-state index in [0.29, 0.717) is 11.4 Å². The summed E-state index contributed by atoms with van der Waals surface area (Å²) in [4.78, 5) is 17.4. The van der Waals surface area contributed by atoms with E-state index in [-0.39, 0.29) is 11.8 Å². The minimum Gasteiger partial charge on any atom is -0.328 e. The first-order valence-electron chi connectivity index (χ1n) is 9.05. The number of ketones is 1. The number of hydrogen-bond acceptors (Lipinski definition) is 5. The predicted molar refractivity (Wildman–Crippen MR) is 105 cm³/mol. The van der Waals surface area contributed by atoms with Crippen LogP contribution in [-0.2, 0) is 4.79 Å². The van der Waals surface area contributed by atoms with Gasteiger partial charge in [0.05, 0.1) is 0 Å². The fourth-order valence-electron chi connectivity index (χ4n) is 3.46. The van der Waals surface area contributed by atoms with Gasteiger partial charge in [-0.25, -0.2) is 4.68 Å². The molecular weight excluding hydrogens is 368 g/mol. The van der Waals surface area contributed by atoms with Crippen LogP contribution in [0.15, 0.2) is 40.7 Å². The van der Waals surface area contributed by atoms with Crippen LogP contribution in [0.5, 0.6) is 0 Å². The summed E-state index contributed by atoms with van der Waals surface area (Å²) < 4.78 is 1.86. The van der Waals surface area contributed by atoms with Crippen molar-refractivity contribution in [3.63, 3.8) is 0 Å². The normalized spacial score (nSPS) is 19.2. The van der Waals surface area contributed by atoms with Crippen LogP contribution in [0.25, 0.3) is 0 Å². The highest BCUT2D eigenvalue weighted by molar-refractivity contribution is 7.99. The molecule has 0 saturated carbocycles. The van der Waals surface area contributed by atoms with E-state index >= 15 is 0 Å². The van der Waals surface area contributed by atoms with Gasteiger partial charge in [-0.05, 0) is 37.0 Å². The number of anilines is 1. The van der Waals surface area contributed by atoms with Gasteiger partial charge in [0.15, 0.2) is 5.78 Å². The molecule has 1 N–H and O–H groups in total. The van der Waals surface area contributed by atoms with Gasteiger partial charge in [0.2, 0.25) is 11.1 Å². The summed E-state index contributed by atoms with van der Waals surface area (Å²) in [5.41, 5.74) is 2.82. The number of halogens is 1. The number of hydrogen-bond donors (Lipinski definition) is 1. The number of allylic oxidation sites excluding steroid dienone is 2. The Hall–Kier alpha value is -1.79. The van der Waals surface area contributed by atoms with E-state index in [2.05, 4.69) is 17.2 Å². The Labute approximate surface area is 162 Å². The summed E-state index contributed by atoms with van der Waals surface area (Å²) in [6.45, 7) is 2.17. The van der Waals surface area contributed by atoms with Crippen molar-refractivity contribution in [1.29, 1.82) is 0 Å². The van der Waals surface area contributed by atoms with Gasteiger partial charge >= 0.3 is 0 Å². The lowest BCUT2D eigenvalue weighted by Gasteiger charge is -2.32. The Balaban J connectivity index is 1.76. The molecule has 0 amide bonds. The van der Waals surface area contributed by atoms with Crippen LogP contribution in [0.2, 0.25) is 5.02 Å². The molecule has 4 rings (SSSR count). The number of benzene rings is 1. The molecule has 0 spiro atoms. The smallest absolute Gasteiger partial charge is 0.227 e. The number of Topliss-reactive ketones (excluding diaryl/α,β-unsaturated/α-hetero) is 1. The second-order valence-corrected chi connectivity index (χ2v) is 8.11. The van der Waals surface area contributed by atoms with E-state index in [0.717, 1.165) is 59.4 Å². The van der Waals surface area contributed by atoms with Gasteiger partial charge in [0, 0.05) is 28.5 Å². The van der Waals surface area contributed by atoms with Crippen molar-refractivity contribution in [2.75, 3.05) is 11.1 Å². The third kappa shape index (κ3) is 3.28. The van der Waals surface area contributed by atoms with E-state index in [1.165, 1.54) is 0 Å². The molecule has 1 unspecified atom stereocenters. The molecule has 1 aromatic heterocycles. The third-order valence-electron chi connectivity index (χ3n) is 4.76. The summed E-state index contributed by atoms with van der Waals surface area (Å²) >= 11 is 7.73. The number of fused-ring (bicyclic) bond motifs is 1. The van der Waals surface area contributed by atoms with Gasteiger partial charge in [0.25, 0.3) is 0 Å². The maximum atomic E-state index is 12.7. The fourth-order valence-corrected chi connectivity index (χ4v) is 4.50. The first-order chi connectivity index (χ1) is 12.7. The van der Waals surface area contributed by atoms with Gasteiger partial charge in [-0.2, -0.15) is 4.98 Å². The van der Waals surface area contributed by atoms with Crippen LogP contribution in [0.1, 0.15) is 50.6 Å². The van der Waals surface area contributed by atoms with Crippen LogP contribution in [0.4, 0.5) is 5.95 Å². The number of nitrogens with one attached hydrogen (secondary N) is 1. The van der Waals surface area contributed by atoms with Gasteiger partial charge in [0.1, 0.15) is 6.04 Å². The molecule has 2 aromatic rings. The van der Waals surface area contributed by atoms with Crippen LogP contribution in [-0.4, -0.2) is 26.3 Å². The van der Waals surface area contributed by atoms with E-state index in [1.807, 2.05) is 28.9 Å². The Morgan fingerprint density at radius 3 is 2.88 bits per heavy atom. The molecular formula is C19H21ClN4OS. The van der Waals surface area contributed by atoms with Crippen molar-refractivity contribution >= 4 is 35.1 Å². The first kappa shape index (κ1) is 17.6. The van der Waals surface area contributed by atoms with Gasteiger partial charge in [-0.3, -0.25) is 4.79 Å². The molecule has 0 bridgehead atoms. The number of carbonyl (C=O) groups is 1. The van der Waals surface area contributed by atoms with Crippen molar-refractivity contribution in [3.8, 4) is 0 Å². The fraction of sp³-hybridized carbons (Fsp3) is 0.421. The molecule has 0 radical (unpaired) electrons. The van der Waals surface area contributed by atoms with Crippen molar-refractivity contribution < 1.29 is 4.79 Å². The summed E-state index contributed by atoms with van der Waals surface area (Å²) in [5.74, 6) is 1.91. The van der Waals surface area contributed by atoms with Crippen LogP contribution >= 0.6 is 23.4 Å². The number of carbonyl (C=O) groups excluding carboxylic acids is 1. The maximum absolute atomic E-state index is 12.7. The van der Waals surface area contributed by atoms with Crippen molar-refractivity contribution in [3.05, 3.63) is 46.1 Å². The lowest BCUT2D eigenvalue weighted by Crippen LogP contribution is -2.31. The molecule has 26 heavy (non-hydrogen) atoms. The van der Waals surface area contributed by atoms with E-state index < -0.39 is 0 Å². The number of thioether (sulfide) groups is 1. The highest BCUT2D eigenvalue weighted by atomic mass is 35.5. The van der Waals surface area contributed by atoms with Crippen molar-refractivity contribution in [2.24, 2.45) is 0 Å². The van der Waals surface area contributed by atoms with E-state index in [4.69, 9.17) is 16.7 Å². The average Bonchev–Trinajstić information content (AvgIpc) is 3.04. The largest absolute Gasteiger partial charge is 0.328 e. The van der Waals surface area contributed by atoms with Gasteiger partial charge in [-0.1, -0.05) is 48.8 Å². The van der Waals surface area contributed by atoms with E-state index in [1.54, 1.807) is 11.8 Å². The maximum Gasteiger partial charge on any atom is 0.227 e. The second-order valence-electron chi connectivity index (χ2n) is 6.61. The number of unbranched alkanes of at least 4 members (excludes halogenated alkanes) is 1. The number of rotatable bonds is 5. The first-order valence-corrected chi connectivity index (χ1v) is 10.4. The highest BCUT2D eigenvalue weighted by Crippen LogP contribution is 2.40. The minimum absolute atomic E-state index is 0.194. The number of nitrogens with zero attached hydrogens (tertiary/aromatic N) is 3. The highest BCUT2D eigenvalue weighted by Gasteiger charge is 2.36. The molecule has 1 aliphatic carbocycles. The van der Waals surface area contributed by atoms with Crippen LogP contribution in [0.3, 0.4) is 0 Å². The molecule has 1 aliphatic heterocycles. The molecule has 136 valence electrons. The van der Waals surface area contributed by atoms with Crippen LogP contribution in [0, 0.1) is 0 Å². The third-order valence-corrected chi connectivity index (χ3v) is 5.94. The lowest BCUT2D eigenvalue weighted by molar-refractivity contribution is -0.116. The summed E-state index contributed by atoms with van der Waals surface area (Å²) in [6, 6.07) is 7.43. The Morgan fingerprint density at radius 1 is 1.31 bits per heavy atom. The zero-order chi connectivity index (χ0) is 18.1.